The van der Waals surface area contributed by atoms with Gasteiger partial charge >= 0.3 is 0 Å². The number of aryl methyl sites for hydroxylation is 2. The minimum Gasteiger partial charge on any atom is -0.506 e. The molecule has 0 heterocycles. The Labute approximate surface area is 148 Å². The van der Waals surface area contributed by atoms with Crippen LogP contribution in [0.5, 0.6) is 17.2 Å². The molecule has 0 aromatic heterocycles. The molecule has 0 saturated carbocycles. The van der Waals surface area contributed by atoms with Gasteiger partial charge in [0.1, 0.15) is 5.75 Å². The molecule has 0 aliphatic heterocycles. The SMILES string of the molecule is CC(C)N(c1cc(CCc2ccc(O)c(O)c2)ccc1O)S(C)(=O)=O. The van der Waals surface area contributed by atoms with Crippen LogP contribution in [0, 0.1) is 0 Å². The highest BCUT2D eigenvalue weighted by Gasteiger charge is 2.23. The van der Waals surface area contributed by atoms with Crippen LogP contribution in [-0.2, 0) is 22.9 Å². The van der Waals surface area contributed by atoms with Crippen molar-refractivity contribution in [3.63, 3.8) is 0 Å². The Kier molecular flexibility index (Phi) is 5.47. The topological polar surface area (TPSA) is 98.1 Å². The summed E-state index contributed by atoms with van der Waals surface area (Å²) in [6.07, 6.45) is 2.30. The lowest BCUT2D eigenvalue weighted by atomic mass is 10.0. The average Bonchev–Trinajstić information content (AvgIpc) is 2.49. The lowest BCUT2D eigenvalue weighted by Crippen LogP contribution is -2.36. The van der Waals surface area contributed by atoms with Crippen LogP contribution in [0.1, 0.15) is 25.0 Å². The van der Waals surface area contributed by atoms with Gasteiger partial charge in [-0.1, -0.05) is 12.1 Å². The van der Waals surface area contributed by atoms with Crippen LogP contribution in [0.2, 0.25) is 0 Å². The van der Waals surface area contributed by atoms with Crippen LogP contribution in [0.4, 0.5) is 5.69 Å². The molecule has 0 atom stereocenters. The van der Waals surface area contributed by atoms with Crippen molar-refractivity contribution in [2.24, 2.45) is 0 Å². The van der Waals surface area contributed by atoms with Crippen LogP contribution in [0.25, 0.3) is 0 Å². The summed E-state index contributed by atoms with van der Waals surface area (Å²) >= 11 is 0. The summed E-state index contributed by atoms with van der Waals surface area (Å²) in [5, 5.41) is 29.0. The van der Waals surface area contributed by atoms with Gasteiger partial charge in [-0.2, -0.15) is 0 Å². The molecule has 0 amide bonds. The number of phenolic OH excluding ortho intramolecular Hbond substituents is 3. The Hall–Kier alpha value is -2.41. The van der Waals surface area contributed by atoms with Gasteiger partial charge in [-0.05, 0) is 62.1 Å². The monoisotopic (exact) mass is 365 g/mol. The maximum atomic E-state index is 12.0. The van der Waals surface area contributed by atoms with Crippen LogP contribution < -0.4 is 4.31 Å². The first-order chi connectivity index (χ1) is 11.6. The summed E-state index contributed by atoms with van der Waals surface area (Å²) < 4.78 is 25.3. The maximum Gasteiger partial charge on any atom is 0.232 e. The van der Waals surface area contributed by atoms with Crippen LogP contribution >= 0.6 is 0 Å². The molecular formula is C18H23NO5S. The maximum absolute atomic E-state index is 12.0. The Morgan fingerprint density at radius 3 is 1.88 bits per heavy atom. The van der Waals surface area contributed by atoms with E-state index in [-0.39, 0.29) is 29.0 Å². The summed E-state index contributed by atoms with van der Waals surface area (Å²) in [6.45, 7) is 3.48. The fourth-order valence-electron chi connectivity index (χ4n) is 2.75. The first kappa shape index (κ1) is 18.9. The molecule has 6 nitrogen and oxygen atoms in total. The molecular weight excluding hydrogens is 342 g/mol. The largest absolute Gasteiger partial charge is 0.506 e. The quantitative estimate of drug-likeness (QED) is 0.684. The van der Waals surface area contributed by atoms with Crippen molar-refractivity contribution < 1.29 is 23.7 Å². The summed E-state index contributed by atoms with van der Waals surface area (Å²) in [7, 11) is -3.52. The fourth-order valence-corrected chi connectivity index (χ4v) is 4.02. The normalized spacial score (nSPS) is 11.7. The number of aromatic hydroxyl groups is 3. The van der Waals surface area contributed by atoms with Crippen LogP contribution in [0.3, 0.4) is 0 Å². The highest BCUT2D eigenvalue weighted by Crippen LogP contribution is 2.32. The molecule has 0 spiro atoms. The van der Waals surface area contributed by atoms with Crippen LogP contribution in [-0.4, -0.2) is 36.0 Å². The third-order valence-corrected chi connectivity index (χ3v) is 5.18. The number of phenols is 3. The highest BCUT2D eigenvalue weighted by molar-refractivity contribution is 7.92. The summed E-state index contributed by atoms with van der Waals surface area (Å²) in [5.41, 5.74) is 1.95. The molecule has 0 aliphatic rings. The predicted molar refractivity (Wildman–Crippen MR) is 97.7 cm³/mol. The van der Waals surface area contributed by atoms with E-state index in [1.54, 1.807) is 32.0 Å². The first-order valence-electron chi connectivity index (χ1n) is 7.91. The molecule has 25 heavy (non-hydrogen) atoms. The van der Waals surface area contributed by atoms with Crippen molar-refractivity contribution in [1.29, 1.82) is 0 Å². The molecule has 0 aliphatic carbocycles. The van der Waals surface area contributed by atoms with Gasteiger partial charge in [-0.15, -0.1) is 0 Å². The zero-order valence-corrected chi connectivity index (χ0v) is 15.3. The van der Waals surface area contributed by atoms with Gasteiger partial charge in [0.25, 0.3) is 0 Å². The summed E-state index contributed by atoms with van der Waals surface area (Å²) in [4.78, 5) is 0. The number of rotatable bonds is 6. The third kappa shape index (κ3) is 4.57. The number of nitrogens with zero attached hydrogens (tertiary/aromatic N) is 1. The van der Waals surface area contributed by atoms with E-state index in [4.69, 9.17) is 0 Å². The molecule has 2 aromatic rings. The second-order valence-electron chi connectivity index (χ2n) is 6.30. The van der Waals surface area contributed by atoms with Gasteiger partial charge in [-0.3, -0.25) is 4.31 Å². The van der Waals surface area contributed by atoms with Crippen molar-refractivity contribution in [1.82, 2.24) is 0 Å². The molecule has 0 radical (unpaired) electrons. The molecule has 3 N–H and O–H groups in total. The van der Waals surface area contributed by atoms with Crippen molar-refractivity contribution in [3.05, 3.63) is 47.5 Å². The number of hydrogen-bond donors (Lipinski definition) is 3. The predicted octanol–water partition coefficient (Wildman–Crippen LogP) is 2.76. The molecule has 0 bridgehead atoms. The second kappa shape index (κ2) is 7.23. The number of benzene rings is 2. The molecule has 0 saturated heterocycles. The number of anilines is 1. The van der Waals surface area contributed by atoms with Gasteiger partial charge in [-0.25, -0.2) is 8.42 Å². The van der Waals surface area contributed by atoms with Gasteiger partial charge in [0.05, 0.1) is 11.9 Å². The lowest BCUT2D eigenvalue weighted by molar-refractivity contribution is 0.403. The first-order valence-corrected chi connectivity index (χ1v) is 9.76. The molecule has 0 fully saturated rings. The van der Waals surface area contributed by atoms with E-state index in [0.717, 1.165) is 17.4 Å². The van der Waals surface area contributed by atoms with E-state index < -0.39 is 10.0 Å². The fraction of sp³-hybridized carbons (Fsp3) is 0.333. The smallest absolute Gasteiger partial charge is 0.232 e. The van der Waals surface area contributed by atoms with E-state index in [1.165, 1.54) is 22.5 Å². The third-order valence-electron chi connectivity index (χ3n) is 3.85. The molecule has 7 heteroatoms. The van der Waals surface area contributed by atoms with Crippen molar-refractivity contribution >= 4 is 15.7 Å². The van der Waals surface area contributed by atoms with Gasteiger partial charge < -0.3 is 15.3 Å². The van der Waals surface area contributed by atoms with E-state index >= 15 is 0 Å². The number of hydrogen-bond acceptors (Lipinski definition) is 5. The number of sulfonamides is 1. The Balaban J connectivity index is 2.27. The molecule has 2 rings (SSSR count). The molecule has 136 valence electrons. The molecule has 0 unspecified atom stereocenters. The van der Waals surface area contributed by atoms with E-state index in [9.17, 15) is 23.7 Å². The van der Waals surface area contributed by atoms with E-state index in [0.29, 0.717) is 12.8 Å². The van der Waals surface area contributed by atoms with Crippen LogP contribution in [0.15, 0.2) is 36.4 Å². The van der Waals surface area contributed by atoms with E-state index in [2.05, 4.69) is 0 Å². The van der Waals surface area contributed by atoms with Gasteiger partial charge in [0.15, 0.2) is 11.5 Å². The van der Waals surface area contributed by atoms with Gasteiger partial charge in [0, 0.05) is 6.04 Å². The van der Waals surface area contributed by atoms with Crippen molar-refractivity contribution in [2.75, 3.05) is 10.6 Å². The minimum absolute atomic E-state index is 0.0925. The summed E-state index contributed by atoms with van der Waals surface area (Å²) in [6, 6.07) is 9.19. The standard InChI is InChI=1S/C18H23NO5S/c1-12(2)19(25(3,23)24)15-10-13(6-8-16(15)20)4-5-14-7-9-17(21)18(22)11-14/h6-12,20-22H,4-5H2,1-3H3. The van der Waals surface area contributed by atoms with Crippen molar-refractivity contribution in [3.8, 4) is 17.2 Å². The second-order valence-corrected chi connectivity index (χ2v) is 8.16. The van der Waals surface area contributed by atoms with E-state index in [1.807, 2.05) is 0 Å². The zero-order chi connectivity index (χ0) is 18.8. The Bertz CT molecular complexity index is 862. The summed E-state index contributed by atoms with van der Waals surface area (Å²) in [5.74, 6) is -0.437. The lowest BCUT2D eigenvalue weighted by Gasteiger charge is -2.27. The minimum atomic E-state index is -3.52. The Morgan fingerprint density at radius 1 is 0.880 bits per heavy atom. The highest BCUT2D eigenvalue weighted by atomic mass is 32.2. The Morgan fingerprint density at radius 2 is 1.40 bits per heavy atom. The van der Waals surface area contributed by atoms with Gasteiger partial charge in [0.2, 0.25) is 10.0 Å². The van der Waals surface area contributed by atoms with Crippen molar-refractivity contribution in [2.45, 2.75) is 32.7 Å². The molecule has 2 aromatic carbocycles. The average molecular weight is 365 g/mol. The zero-order valence-electron chi connectivity index (χ0n) is 14.5.